The number of aliphatic hydroxyl groups excluding tert-OH is 2. The van der Waals surface area contributed by atoms with E-state index in [1.54, 1.807) is 7.05 Å². The van der Waals surface area contributed by atoms with Crippen LogP contribution in [0, 0.1) is 23.7 Å². The minimum absolute atomic E-state index is 0.0430. The van der Waals surface area contributed by atoms with E-state index in [2.05, 4.69) is 24.4 Å². The molecule has 0 aromatic carbocycles. The maximum absolute atomic E-state index is 11.6. The molecule has 0 amide bonds. The van der Waals surface area contributed by atoms with Gasteiger partial charge in [0.1, 0.15) is 0 Å². The first-order valence-electron chi connectivity index (χ1n) is 11.9. The number of hydrogen-bond acceptors (Lipinski definition) is 4. The van der Waals surface area contributed by atoms with Crippen molar-refractivity contribution in [3.05, 3.63) is 12.2 Å². The number of rotatable bonds is 17. The lowest BCUT2D eigenvalue weighted by Gasteiger charge is -2.24. The summed E-state index contributed by atoms with van der Waals surface area (Å²) < 4.78 is 0. The van der Waals surface area contributed by atoms with Gasteiger partial charge in [-0.2, -0.15) is 0 Å². The molecule has 0 aromatic heterocycles. The van der Waals surface area contributed by atoms with Gasteiger partial charge in [-0.1, -0.05) is 57.6 Å². The largest absolute Gasteiger partial charge is 0.481 e. The summed E-state index contributed by atoms with van der Waals surface area (Å²) in [7, 11) is 1.79. The second kappa shape index (κ2) is 15.9. The van der Waals surface area contributed by atoms with Crippen LogP contribution in [-0.4, -0.2) is 47.6 Å². The van der Waals surface area contributed by atoms with E-state index < -0.39 is 18.0 Å². The quantitative estimate of drug-likeness (QED) is 0.211. The molecule has 5 nitrogen and oxygen atoms in total. The number of aliphatic hydroxyl groups is 2. The van der Waals surface area contributed by atoms with Crippen LogP contribution in [0.25, 0.3) is 0 Å². The molecule has 5 heteroatoms. The molecule has 0 fully saturated rings. The van der Waals surface area contributed by atoms with E-state index in [9.17, 15) is 20.1 Å². The first-order chi connectivity index (χ1) is 14.0. The molecule has 29 heavy (non-hydrogen) atoms. The van der Waals surface area contributed by atoms with Gasteiger partial charge in [0.15, 0.2) is 0 Å². The van der Waals surface area contributed by atoms with E-state index in [4.69, 9.17) is 0 Å². The fourth-order valence-electron chi connectivity index (χ4n) is 4.52. The van der Waals surface area contributed by atoms with Crippen molar-refractivity contribution in [1.29, 1.82) is 0 Å². The zero-order valence-electron chi connectivity index (χ0n) is 18.7. The summed E-state index contributed by atoms with van der Waals surface area (Å²) in [5.74, 6) is -0.311. The van der Waals surface area contributed by atoms with Crippen LogP contribution in [-0.2, 0) is 4.79 Å². The van der Waals surface area contributed by atoms with Crippen LogP contribution in [0.2, 0.25) is 0 Å². The second-order valence-electron chi connectivity index (χ2n) is 8.97. The summed E-state index contributed by atoms with van der Waals surface area (Å²) in [5, 5.41) is 32.2. The van der Waals surface area contributed by atoms with Crippen molar-refractivity contribution in [3.8, 4) is 0 Å². The Balaban J connectivity index is 2.24. The van der Waals surface area contributed by atoms with Crippen LogP contribution in [0.5, 0.6) is 0 Å². The standard InChI is InChI=1S/C24H45NO4/c1-3-4-6-9-19-12-14-20(15-13-19)10-7-5-8-11-22(24(28)29)23(27)16-21(18-26)17-25-2/h12,14,19-23,25-27H,3-11,13,15-18H2,1-2H3,(H,28,29)/t19-,20-,21-,22-,23+/m0/s1. The Labute approximate surface area is 178 Å². The van der Waals surface area contributed by atoms with Crippen LogP contribution < -0.4 is 5.32 Å². The van der Waals surface area contributed by atoms with Gasteiger partial charge in [-0.05, 0) is 69.9 Å². The first-order valence-corrected chi connectivity index (χ1v) is 11.9. The second-order valence-corrected chi connectivity index (χ2v) is 8.97. The lowest BCUT2D eigenvalue weighted by molar-refractivity contribution is -0.146. The van der Waals surface area contributed by atoms with Crippen molar-refractivity contribution in [1.82, 2.24) is 5.32 Å². The minimum Gasteiger partial charge on any atom is -0.481 e. The maximum atomic E-state index is 11.6. The number of carbonyl (C=O) groups is 1. The molecule has 170 valence electrons. The highest BCUT2D eigenvalue weighted by atomic mass is 16.4. The zero-order valence-corrected chi connectivity index (χ0v) is 18.7. The Bertz CT molecular complexity index is 454. The van der Waals surface area contributed by atoms with Gasteiger partial charge in [-0.25, -0.2) is 0 Å². The van der Waals surface area contributed by atoms with Crippen LogP contribution in [0.4, 0.5) is 0 Å². The van der Waals surface area contributed by atoms with Gasteiger partial charge in [0.2, 0.25) is 0 Å². The Morgan fingerprint density at radius 1 is 1.07 bits per heavy atom. The molecule has 0 aromatic rings. The average molecular weight is 412 g/mol. The van der Waals surface area contributed by atoms with Crippen LogP contribution in [0.1, 0.15) is 84.0 Å². The lowest BCUT2D eigenvalue weighted by atomic mass is 9.83. The highest BCUT2D eigenvalue weighted by Crippen LogP contribution is 2.29. The van der Waals surface area contributed by atoms with Gasteiger partial charge in [0.05, 0.1) is 12.0 Å². The molecule has 1 aliphatic carbocycles. The van der Waals surface area contributed by atoms with E-state index in [1.165, 1.54) is 44.9 Å². The third-order valence-electron chi connectivity index (χ3n) is 6.44. The number of aliphatic carboxylic acids is 1. The third-order valence-corrected chi connectivity index (χ3v) is 6.44. The van der Waals surface area contributed by atoms with E-state index in [0.717, 1.165) is 25.2 Å². The Hall–Kier alpha value is -0.910. The fraction of sp³-hybridized carbons (Fsp3) is 0.875. The summed E-state index contributed by atoms with van der Waals surface area (Å²) >= 11 is 0. The van der Waals surface area contributed by atoms with Crippen LogP contribution in [0.15, 0.2) is 12.2 Å². The van der Waals surface area contributed by atoms with Gasteiger partial charge in [0, 0.05) is 6.61 Å². The molecule has 5 atom stereocenters. The van der Waals surface area contributed by atoms with Crippen molar-refractivity contribution in [2.75, 3.05) is 20.2 Å². The maximum Gasteiger partial charge on any atom is 0.309 e. The molecule has 0 radical (unpaired) electrons. The summed E-state index contributed by atoms with van der Waals surface area (Å²) in [5.41, 5.74) is 0. The zero-order chi connectivity index (χ0) is 21.5. The van der Waals surface area contributed by atoms with E-state index >= 15 is 0 Å². The number of unbranched alkanes of at least 4 members (excludes halogenated alkanes) is 4. The van der Waals surface area contributed by atoms with Gasteiger partial charge in [-0.3, -0.25) is 4.79 Å². The number of allylic oxidation sites excluding steroid dienone is 2. The predicted molar refractivity (Wildman–Crippen MR) is 119 cm³/mol. The summed E-state index contributed by atoms with van der Waals surface area (Å²) in [6, 6.07) is 0. The van der Waals surface area contributed by atoms with Gasteiger partial charge < -0.3 is 20.6 Å². The number of carboxylic acid groups (broad SMARTS) is 1. The lowest BCUT2D eigenvalue weighted by Crippen LogP contribution is -2.33. The molecule has 0 aliphatic heterocycles. The van der Waals surface area contributed by atoms with Crippen molar-refractivity contribution < 1.29 is 20.1 Å². The van der Waals surface area contributed by atoms with Crippen molar-refractivity contribution in [3.63, 3.8) is 0 Å². The minimum atomic E-state index is -0.928. The molecule has 1 rings (SSSR count). The molecule has 0 saturated heterocycles. The summed E-state index contributed by atoms with van der Waals surface area (Å²) in [4.78, 5) is 11.6. The number of carboxylic acids is 1. The van der Waals surface area contributed by atoms with Gasteiger partial charge in [-0.15, -0.1) is 0 Å². The average Bonchev–Trinajstić information content (AvgIpc) is 2.71. The predicted octanol–water partition coefficient (Wildman–Crippen LogP) is 4.38. The van der Waals surface area contributed by atoms with Crippen molar-refractivity contribution in [2.45, 2.75) is 90.1 Å². The van der Waals surface area contributed by atoms with E-state index in [0.29, 0.717) is 25.3 Å². The fourth-order valence-corrected chi connectivity index (χ4v) is 4.52. The normalized spacial score (nSPS) is 22.3. The molecule has 0 saturated carbocycles. The Kier molecular flexibility index (Phi) is 14.3. The highest BCUT2D eigenvalue weighted by Gasteiger charge is 2.28. The molecule has 4 N–H and O–H groups in total. The molecule has 0 bridgehead atoms. The van der Waals surface area contributed by atoms with Crippen LogP contribution >= 0.6 is 0 Å². The van der Waals surface area contributed by atoms with Crippen LogP contribution in [0.3, 0.4) is 0 Å². The van der Waals surface area contributed by atoms with Crippen molar-refractivity contribution in [2.24, 2.45) is 23.7 Å². The third kappa shape index (κ3) is 11.2. The van der Waals surface area contributed by atoms with E-state index in [1.807, 2.05) is 0 Å². The molecular formula is C24H45NO4. The van der Waals surface area contributed by atoms with Gasteiger partial charge >= 0.3 is 5.97 Å². The number of hydrogen-bond donors (Lipinski definition) is 4. The molecule has 1 aliphatic rings. The number of nitrogens with one attached hydrogen (secondary N) is 1. The van der Waals surface area contributed by atoms with Crippen molar-refractivity contribution >= 4 is 5.97 Å². The first kappa shape index (κ1) is 26.1. The molecule has 0 spiro atoms. The summed E-state index contributed by atoms with van der Waals surface area (Å²) in [6.07, 6.45) is 16.9. The smallest absolute Gasteiger partial charge is 0.309 e. The molecular weight excluding hydrogens is 366 g/mol. The summed E-state index contributed by atoms with van der Waals surface area (Å²) in [6.45, 7) is 2.79. The highest BCUT2D eigenvalue weighted by molar-refractivity contribution is 5.70. The van der Waals surface area contributed by atoms with E-state index in [-0.39, 0.29) is 12.5 Å². The monoisotopic (exact) mass is 411 g/mol. The molecule has 0 unspecified atom stereocenters. The van der Waals surface area contributed by atoms with Gasteiger partial charge in [0.25, 0.3) is 0 Å². The SMILES string of the molecule is CCCCC[C@H]1C=C[C@H](CCCCC[C@H](C(=O)O)[C@H](O)C[C@H](CO)CNC)CC1. The Morgan fingerprint density at radius 3 is 2.17 bits per heavy atom. The Morgan fingerprint density at radius 2 is 1.69 bits per heavy atom. The topological polar surface area (TPSA) is 89.8 Å². The molecule has 0 heterocycles.